The SMILES string of the molecule is CC(=O)Nc1ccc(-c2ccc3nc(C(C(=O)NCCS(N)(=O)=O)S(=O)(=O)CCC(F)(F)F)sc3c2)cc1. The number of nitrogens with zero attached hydrogens (tertiary/aromatic N) is 1. The summed E-state index contributed by atoms with van der Waals surface area (Å²) in [6, 6.07) is 11.8. The molecule has 0 bridgehead atoms. The Hall–Kier alpha value is -3.08. The van der Waals surface area contributed by atoms with Gasteiger partial charge in [-0.25, -0.2) is 27.0 Å². The van der Waals surface area contributed by atoms with Gasteiger partial charge >= 0.3 is 6.18 Å². The highest BCUT2D eigenvalue weighted by Crippen LogP contribution is 2.35. The van der Waals surface area contributed by atoms with E-state index in [0.717, 1.165) is 16.9 Å². The minimum atomic E-state index is -4.78. The minimum absolute atomic E-state index is 0.232. The van der Waals surface area contributed by atoms with Crippen LogP contribution in [-0.2, 0) is 29.4 Å². The molecule has 38 heavy (non-hydrogen) atoms. The van der Waals surface area contributed by atoms with Crippen LogP contribution in [-0.4, -0.2) is 57.9 Å². The predicted octanol–water partition coefficient (Wildman–Crippen LogP) is 2.73. The molecule has 0 saturated heterocycles. The average Bonchev–Trinajstić information content (AvgIpc) is 3.19. The second-order valence-corrected chi connectivity index (χ2v) is 13.3. The van der Waals surface area contributed by atoms with Crippen molar-refractivity contribution in [2.75, 3.05) is 23.4 Å². The number of halogens is 3. The summed E-state index contributed by atoms with van der Waals surface area (Å²) in [5.74, 6) is -3.49. The number of rotatable bonds is 10. The number of thiazole rings is 1. The number of carbonyl (C=O) groups is 2. The first-order chi connectivity index (χ1) is 17.5. The minimum Gasteiger partial charge on any atom is -0.354 e. The van der Waals surface area contributed by atoms with Crippen LogP contribution in [0.5, 0.6) is 0 Å². The number of alkyl halides is 3. The zero-order valence-corrected chi connectivity index (χ0v) is 22.2. The molecule has 3 aromatic rings. The number of fused-ring (bicyclic) bond motifs is 1. The lowest BCUT2D eigenvalue weighted by molar-refractivity contribution is -0.130. The number of nitrogens with one attached hydrogen (secondary N) is 2. The molecule has 2 amide bonds. The van der Waals surface area contributed by atoms with Crippen molar-refractivity contribution in [2.24, 2.45) is 5.14 Å². The Bertz CT molecular complexity index is 1550. The van der Waals surface area contributed by atoms with E-state index >= 15 is 0 Å². The third kappa shape index (κ3) is 8.21. The highest BCUT2D eigenvalue weighted by Gasteiger charge is 2.40. The van der Waals surface area contributed by atoms with Gasteiger partial charge in [-0.05, 0) is 35.4 Å². The largest absolute Gasteiger partial charge is 0.390 e. The van der Waals surface area contributed by atoms with E-state index < -0.39 is 61.7 Å². The number of primary sulfonamides is 1. The molecule has 0 spiro atoms. The molecule has 1 unspecified atom stereocenters. The average molecular weight is 593 g/mol. The van der Waals surface area contributed by atoms with E-state index in [9.17, 15) is 39.6 Å². The van der Waals surface area contributed by atoms with Gasteiger partial charge in [0.2, 0.25) is 21.8 Å². The van der Waals surface area contributed by atoms with Gasteiger partial charge < -0.3 is 10.6 Å². The number of benzene rings is 2. The predicted molar refractivity (Wildman–Crippen MR) is 138 cm³/mol. The van der Waals surface area contributed by atoms with Crippen molar-refractivity contribution in [3.8, 4) is 11.1 Å². The molecule has 4 N–H and O–H groups in total. The van der Waals surface area contributed by atoms with Crippen molar-refractivity contribution >= 4 is 58.9 Å². The maximum atomic E-state index is 12.9. The van der Waals surface area contributed by atoms with Crippen LogP contribution in [0.4, 0.5) is 18.9 Å². The van der Waals surface area contributed by atoms with Crippen molar-refractivity contribution < 1.29 is 39.6 Å². The van der Waals surface area contributed by atoms with Gasteiger partial charge in [0.05, 0.1) is 28.1 Å². The summed E-state index contributed by atoms with van der Waals surface area (Å²) in [7, 11) is -8.68. The van der Waals surface area contributed by atoms with Crippen molar-refractivity contribution in [1.82, 2.24) is 10.3 Å². The van der Waals surface area contributed by atoms with Gasteiger partial charge in [0.15, 0.2) is 15.1 Å². The van der Waals surface area contributed by atoms with E-state index in [-0.39, 0.29) is 10.9 Å². The second-order valence-electron chi connectivity index (χ2n) is 8.26. The van der Waals surface area contributed by atoms with Crippen LogP contribution in [0.1, 0.15) is 23.6 Å². The lowest BCUT2D eigenvalue weighted by Gasteiger charge is -2.16. The van der Waals surface area contributed by atoms with Crippen LogP contribution < -0.4 is 15.8 Å². The molecule has 3 rings (SSSR count). The van der Waals surface area contributed by atoms with E-state index in [1.807, 2.05) is 0 Å². The number of hydrogen-bond acceptors (Lipinski definition) is 8. The van der Waals surface area contributed by atoms with Gasteiger partial charge in [-0.2, -0.15) is 13.2 Å². The van der Waals surface area contributed by atoms with E-state index in [4.69, 9.17) is 5.14 Å². The van der Waals surface area contributed by atoms with Gasteiger partial charge in [0.25, 0.3) is 0 Å². The number of hydrogen-bond donors (Lipinski definition) is 3. The molecule has 0 saturated carbocycles. The lowest BCUT2D eigenvalue weighted by atomic mass is 10.1. The topological polar surface area (TPSA) is 165 Å². The van der Waals surface area contributed by atoms with Crippen LogP contribution in [0.3, 0.4) is 0 Å². The Morgan fingerprint density at radius 3 is 2.24 bits per heavy atom. The standard InChI is InChI=1S/C22H23F3N4O6S3/c1-13(30)28-16-5-2-14(3-6-16)15-4-7-17-18(12-15)36-21(29-17)19(20(31)27-9-11-38(26,34)35)37(32,33)10-8-22(23,24)25/h2-7,12,19H,8-11H2,1H3,(H,27,31)(H,28,30)(H2,26,34,35). The van der Waals surface area contributed by atoms with E-state index in [1.165, 1.54) is 6.92 Å². The molecular formula is C22H23F3N4O6S3. The fourth-order valence-corrected chi connectivity index (χ4v) is 6.88. The van der Waals surface area contributed by atoms with Crippen LogP contribution in [0.25, 0.3) is 21.3 Å². The molecule has 0 fully saturated rings. The van der Waals surface area contributed by atoms with Gasteiger partial charge in [0.1, 0.15) is 5.01 Å². The third-order valence-corrected chi connectivity index (χ3v) is 9.06. The fourth-order valence-electron chi connectivity index (χ4n) is 3.40. The van der Waals surface area contributed by atoms with Gasteiger partial charge in [-0.3, -0.25) is 9.59 Å². The van der Waals surface area contributed by atoms with Crippen LogP contribution in [0.2, 0.25) is 0 Å². The maximum Gasteiger partial charge on any atom is 0.390 e. The Morgan fingerprint density at radius 2 is 1.66 bits per heavy atom. The number of amides is 2. The van der Waals surface area contributed by atoms with Gasteiger partial charge in [0, 0.05) is 19.2 Å². The number of sulfonamides is 1. The van der Waals surface area contributed by atoms with E-state index in [0.29, 0.717) is 21.5 Å². The van der Waals surface area contributed by atoms with Crippen LogP contribution in [0.15, 0.2) is 42.5 Å². The molecule has 1 atom stereocenters. The van der Waals surface area contributed by atoms with E-state index in [2.05, 4.69) is 15.6 Å². The number of sulfone groups is 1. The van der Waals surface area contributed by atoms with Gasteiger partial charge in [-0.15, -0.1) is 11.3 Å². The molecule has 10 nitrogen and oxygen atoms in total. The number of nitrogens with two attached hydrogens (primary N) is 1. The molecule has 1 heterocycles. The molecule has 0 aliphatic heterocycles. The molecular weight excluding hydrogens is 569 g/mol. The number of anilines is 1. The number of aromatic nitrogens is 1. The normalized spacial score (nSPS) is 13.3. The first-order valence-electron chi connectivity index (χ1n) is 10.9. The first-order valence-corrected chi connectivity index (χ1v) is 15.1. The molecule has 2 aromatic carbocycles. The second kappa shape index (κ2) is 11.3. The smallest absolute Gasteiger partial charge is 0.354 e. The van der Waals surface area contributed by atoms with E-state index in [1.54, 1.807) is 42.5 Å². The summed E-state index contributed by atoms with van der Waals surface area (Å²) in [6.07, 6.45) is -6.44. The molecule has 16 heteroatoms. The highest BCUT2D eigenvalue weighted by atomic mass is 32.2. The van der Waals surface area contributed by atoms with Crippen LogP contribution in [0, 0.1) is 0 Å². The van der Waals surface area contributed by atoms with Crippen molar-refractivity contribution in [3.63, 3.8) is 0 Å². The Morgan fingerprint density at radius 1 is 1.03 bits per heavy atom. The quantitative estimate of drug-likeness (QED) is 0.326. The zero-order valence-electron chi connectivity index (χ0n) is 19.8. The molecule has 1 aromatic heterocycles. The Kier molecular flexibility index (Phi) is 8.80. The zero-order chi connectivity index (χ0) is 28.3. The summed E-state index contributed by atoms with van der Waals surface area (Å²) in [5.41, 5.74) is 2.36. The lowest BCUT2D eigenvalue weighted by Crippen LogP contribution is -2.38. The molecule has 206 valence electrons. The summed E-state index contributed by atoms with van der Waals surface area (Å²) in [4.78, 5) is 28.2. The van der Waals surface area contributed by atoms with Crippen molar-refractivity contribution in [3.05, 3.63) is 47.5 Å². The molecule has 0 aliphatic carbocycles. The Labute approximate surface area is 220 Å². The summed E-state index contributed by atoms with van der Waals surface area (Å²) in [6.45, 7) is 0.840. The summed E-state index contributed by atoms with van der Waals surface area (Å²) in [5, 5.41) is 7.31. The van der Waals surface area contributed by atoms with Crippen molar-refractivity contribution in [2.45, 2.75) is 24.8 Å². The maximum absolute atomic E-state index is 12.9. The van der Waals surface area contributed by atoms with Crippen molar-refractivity contribution in [1.29, 1.82) is 0 Å². The first kappa shape index (κ1) is 29.5. The molecule has 0 aliphatic rings. The summed E-state index contributed by atoms with van der Waals surface area (Å²) < 4.78 is 86.8. The monoisotopic (exact) mass is 592 g/mol. The number of carbonyl (C=O) groups excluding carboxylic acids is 2. The van der Waals surface area contributed by atoms with Gasteiger partial charge in [-0.1, -0.05) is 18.2 Å². The Balaban J connectivity index is 1.95. The fraction of sp³-hybridized carbons (Fsp3) is 0.318. The van der Waals surface area contributed by atoms with Crippen LogP contribution >= 0.6 is 11.3 Å². The third-order valence-electron chi connectivity index (χ3n) is 5.12. The summed E-state index contributed by atoms with van der Waals surface area (Å²) >= 11 is 0.821. The molecule has 0 radical (unpaired) electrons. The highest BCUT2D eigenvalue weighted by molar-refractivity contribution is 7.92.